The Morgan fingerprint density at radius 3 is 2.42 bits per heavy atom. The van der Waals surface area contributed by atoms with Crippen molar-refractivity contribution in [1.29, 1.82) is 10.5 Å². The fourth-order valence-corrected chi connectivity index (χ4v) is 2.40. The van der Waals surface area contributed by atoms with Crippen LogP contribution in [0.2, 0.25) is 0 Å². The number of halogens is 2. The number of nitriles is 2. The van der Waals surface area contributed by atoms with Gasteiger partial charge in [-0.15, -0.1) is 0 Å². The molecule has 0 aromatic heterocycles. The first-order valence-electron chi connectivity index (χ1n) is 5.29. The fourth-order valence-electron chi connectivity index (χ4n) is 1.41. The van der Waals surface area contributed by atoms with Crippen LogP contribution in [-0.2, 0) is 0 Å². The second kappa shape index (κ2) is 7.18. The predicted molar refractivity (Wildman–Crippen MR) is 78.8 cm³/mol. The first kappa shape index (κ1) is 15.6. The van der Waals surface area contributed by atoms with E-state index in [0.717, 1.165) is 0 Å². The van der Waals surface area contributed by atoms with Gasteiger partial charge < -0.3 is 9.47 Å². The lowest BCUT2D eigenvalue weighted by Gasteiger charge is -2.14. The molecule has 0 amide bonds. The van der Waals surface area contributed by atoms with Crippen molar-refractivity contribution >= 4 is 37.9 Å². The molecule has 98 valence electrons. The monoisotopic (exact) mass is 384 g/mol. The Hall–Kier alpha value is -1.50. The third-order valence-electron chi connectivity index (χ3n) is 2.20. The highest BCUT2D eigenvalue weighted by molar-refractivity contribution is 9.13. The summed E-state index contributed by atoms with van der Waals surface area (Å²) in [4.78, 5) is 0. The van der Waals surface area contributed by atoms with Crippen molar-refractivity contribution in [2.45, 2.75) is 6.92 Å². The lowest BCUT2D eigenvalue weighted by atomic mass is 10.1. The van der Waals surface area contributed by atoms with Gasteiger partial charge in [-0.1, -0.05) is 0 Å². The van der Waals surface area contributed by atoms with Crippen LogP contribution in [0, 0.1) is 22.7 Å². The SMILES string of the molecule is CCOc1cc(C=C(C#N)C#N)c(Br)c(Br)c1OC. The van der Waals surface area contributed by atoms with Gasteiger partial charge in [-0.3, -0.25) is 0 Å². The molecule has 1 rings (SSSR count). The molecule has 6 heteroatoms. The number of hydrogen-bond acceptors (Lipinski definition) is 4. The lowest BCUT2D eigenvalue weighted by molar-refractivity contribution is 0.309. The third kappa shape index (κ3) is 3.50. The Kier molecular flexibility index (Phi) is 5.88. The molecule has 0 aliphatic heterocycles. The summed E-state index contributed by atoms with van der Waals surface area (Å²) in [6.07, 6.45) is 1.48. The Bertz CT molecular complexity index is 582. The average Bonchev–Trinajstić information content (AvgIpc) is 2.42. The second-order valence-electron chi connectivity index (χ2n) is 3.34. The Morgan fingerprint density at radius 2 is 1.95 bits per heavy atom. The minimum Gasteiger partial charge on any atom is -0.492 e. The van der Waals surface area contributed by atoms with E-state index in [4.69, 9.17) is 20.0 Å². The maximum absolute atomic E-state index is 8.80. The number of allylic oxidation sites excluding steroid dienone is 1. The van der Waals surface area contributed by atoms with Crippen molar-refractivity contribution in [3.05, 3.63) is 26.1 Å². The van der Waals surface area contributed by atoms with Gasteiger partial charge in [0.15, 0.2) is 11.5 Å². The zero-order chi connectivity index (χ0) is 14.4. The van der Waals surface area contributed by atoms with E-state index in [1.54, 1.807) is 13.2 Å². The molecule has 1 aromatic rings. The number of rotatable bonds is 4. The Morgan fingerprint density at radius 1 is 1.32 bits per heavy atom. The van der Waals surface area contributed by atoms with Gasteiger partial charge in [-0.25, -0.2) is 0 Å². The molecule has 0 bridgehead atoms. The summed E-state index contributed by atoms with van der Waals surface area (Å²) in [5.74, 6) is 1.10. The first-order chi connectivity index (χ1) is 9.08. The zero-order valence-electron chi connectivity index (χ0n) is 10.3. The van der Waals surface area contributed by atoms with Crippen LogP contribution in [0.4, 0.5) is 0 Å². The minimum atomic E-state index is 0.0141. The van der Waals surface area contributed by atoms with Crippen molar-refractivity contribution in [3.63, 3.8) is 0 Å². The van der Waals surface area contributed by atoms with Gasteiger partial charge in [0, 0.05) is 4.47 Å². The van der Waals surface area contributed by atoms with Crippen LogP contribution in [0.15, 0.2) is 20.6 Å². The van der Waals surface area contributed by atoms with Crippen molar-refractivity contribution in [2.75, 3.05) is 13.7 Å². The van der Waals surface area contributed by atoms with Gasteiger partial charge in [0.1, 0.15) is 17.7 Å². The van der Waals surface area contributed by atoms with E-state index in [1.165, 1.54) is 6.08 Å². The normalized spacial score (nSPS) is 9.16. The molecule has 0 spiro atoms. The van der Waals surface area contributed by atoms with E-state index < -0.39 is 0 Å². The molecule has 0 radical (unpaired) electrons. The first-order valence-corrected chi connectivity index (χ1v) is 6.88. The molecule has 4 nitrogen and oxygen atoms in total. The Labute approximate surface area is 128 Å². The summed E-state index contributed by atoms with van der Waals surface area (Å²) in [5, 5.41) is 17.6. The fraction of sp³-hybridized carbons (Fsp3) is 0.231. The van der Waals surface area contributed by atoms with E-state index in [2.05, 4.69) is 31.9 Å². The molecular formula is C13H10Br2N2O2. The smallest absolute Gasteiger partial charge is 0.176 e. The molecule has 19 heavy (non-hydrogen) atoms. The largest absolute Gasteiger partial charge is 0.492 e. The van der Waals surface area contributed by atoms with Crippen molar-refractivity contribution in [3.8, 4) is 23.6 Å². The summed E-state index contributed by atoms with van der Waals surface area (Å²) in [6, 6.07) is 5.35. The van der Waals surface area contributed by atoms with Crippen LogP contribution in [0.1, 0.15) is 12.5 Å². The highest BCUT2D eigenvalue weighted by atomic mass is 79.9. The van der Waals surface area contributed by atoms with Crippen LogP contribution in [0.3, 0.4) is 0 Å². The highest BCUT2D eigenvalue weighted by Crippen LogP contribution is 2.43. The standard InChI is InChI=1S/C13H10Br2N2O2/c1-3-19-10-5-9(4-8(6-16)7-17)11(14)12(15)13(10)18-2/h4-5H,3H2,1-2H3. The molecular weight excluding hydrogens is 376 g/mol. The third-order valence-corrected chi connectivity index (χ3v) is 4.34. The number of hydrogen-bond donors (Lipinski definition) is 0. The van der Waals surface area contributed by atoms with E-state index in [1.807, 2.05) is 19.1 Å². The van der Waals surface area contributed by atoms with Crippen LogP contribution < -0.4 is 9.47 Å². The summed E-state index contributed by atoms with van der Waals surface area (Å²) in [5.41, 5.74) is 0.675. The molecule has 0 aliphatic carbocycles. The van der Waals surface area contributed by atoms with E-state index in [0.29, 0.717) is 32.6 Å². The minimum absolute atomic E-state index is 0.0141. The Balaban J connectivity index is 3.48. The van der Waals surface area contributed by atoms with Crippen molar-refractivity contribution in [1.82, 2.24) is 0 Å². The topological polar surface area (TPSA) is 66.0 Å². The van der Waals surface area contributed by atoms with Crippen LogP contribution in [0.5, 0.6) is 11.5 Å². The molecule has 0 saturated heterocycles. The van der Waals surface area contributed by atoms with E-state index >= 15 is 0 Å². The predicted octanol–water partition coefficient (Wildman–Crippen LogP) is 4.05. The molecule has 0 heterocycles. The van der Waals surface area contributed by atoms with Crippen LogP contribution in [0.25, 0.3) is 6.08 Å². The van der Waals surface area contributed by atoms with Gasteiger partial charge in [0.05, 0.1) is 18.2 Å². The molecule has 0 atom stereocenters. The van der Waals surface area contributed by atoms with Crippen LogP contribution in [-0.4, -0.2) is 13.7 Å². The quantitative estimate of drug-likeness (QED) is 0.733. The molecule has 0 saturated carbocycles. The van der Waals surface area contributed by atoms with Gasteiger partial charge in [-0.2, -0.15) is 10.5 Å². The van der Waals surface area contributed by atoms with E-state index in [-0.39, 0.29) is 5.57 Å². The number of nitrogens with zero attached hydrogens (tertiary/aromatic N) is 2. The van der Waals surface area contributed by atoms with E-state index in [9.17, 15) is 0 Å². The molecule has 1 aromatic carbocycles. The van der Waals surface area contributed by atoms with Gasteiger partial charge in [0.2, 0.25) is 0 Å². The summed E-state index contributed by atoms with van der Waals surface area (Å²) in [7, 11) is 1.54. The summed E-state index contributed by atoms with van der Waals surface area (Å²) in [6.45, 7) is 2.35. The zero-order valence-corrected chi connectivity index (χ0v) is 13.5. The molecule has 0 aliphatic rings. The van der Waals surface area contributed by atoms with Crippen molar-refractivity contribution in [2.24, 2.45) is 0 Å². The van der Waals surface area contributed by atoms with Gasteiger partial charge in [0.25, 0.3) is 0 Å². The lowest BCUT2D eigenvalue weighted by Crippen LogP contribution is -1.97. The molecule has 0 N–H and O–H groups in total. The van der Waals surface area contributed by atoms with Crippen LogP contribution >= 0.6 is 31.9 Å². The maximum Gasteiger partial charge on any atom is 0.176 e. The summed E-state index contributed by atoms with van der Waals surface area (Å²) >= 11 is 6.80. The molecule has 0 fully saturated rings. The number of methoxy groups -OCH3 is 1. The maximum atomic E-state index is 8.80. The highest BCUT2D eigenvalue weighted by Gasteiger charge is 2.16. The van der Waals surface area contributed by atoms with Gasteiger partial charge in [-0.05, 0) is 56.5 Å². The van der Waals surface area contributed by atoms with Crippen molar-refractivity contribution < 1.29 is 9.47 Å². The molecule has 0 unspecified atom stereocenters. The second-order valence-corrected chi connectivity index (χ2v) is 4.93. The number of ether oxygens (including phenoxy) is 2. The summed E-state index contributed by atoms with van der Waals surface area (Å²) < 4.78 is 12.1. The van der Waals surface area contributed by atoms with Gasteiger partial charge >= 0.3 is 0 Å². The number of benzene rings is 1. The average molecular weight is 386 g/mol.